The van der Waals surface area contributed by atoms with Gasteiger partial charge in [-0.25, -0.2) is 4.99 Å². The number of ether oxygens (including phenoxy) is 2. The third-order valence-corrected chi connectivity index (χ3v) is 5.25. The average Bonchev–Trinajstić information content (AvgIpc) is 2.69. The van der Waals surface area contributed by atoms with E-state index in [9.17, 15) is 0 Å². The molecule has 4 heteroatoms. The van der Waals surface area contributed by atoms with Crippen LogP contribution in [-0.2, 0) is 10.3 Å². The lowest BCUT2D eigenvalue weighted by Gasteiger charge is -2.30. The van der Waals surface area contributed by atoms with Crippen LogP contribution in [0.15, 0.2) is 41.4 Å². The number of nitrogens with zero attached hydrogens (tertiary/aromatic N) is 2. The van der Waals surface area contributed by atoms with E-state index in [1.807, 2.05) is 32.4 Å². The Balaban J connectivity index is 2.28. The number of rotatable bonds is 10. The molecule has 0 saturated carbocycles. The maximum atomic E-state index is 6.27. The van der Waals surface area contributed by atoms with Crippen molar-refractivity contribution in [1.82, 2.24) is 4.90 Å². The van der Waals surface area contributed by atoms with E-state index < -0.39 is 0 Å². The van der Waals surface area contributed by atoms with E-state index in [0.29, 0.717) is 6.61 Å². The minimum absolute atomic E-state index is 0.294. The molecule has 2 rings (SSSR count). The van der Waals surface area contributed by atoms with Gasteiger partial charge in [0.2, 0.25) is 0 Å². The molecule has 0 bridgehead atoms. The number of benzene rings is 2. The van der Waals surface area contributed by atoms with Crippen molar-refractivity contribution in [3.8, 4) is 11.5 Å². The predicted octanol–water partition coefficient (Wildman–Crippen LogP) is 6.76. The van der Waals surface area contributed by atoms with Crippen LogP contribution in [0.2, 0.25) is 0 Å². The number of aryl methyl sites for hydroxylation is 2. The maximum Gasteiger partial charge on any atom is 0.130 e. The van der Waals surface area contributed by atoms with Gasteiger partial charge >= 0.3 is 0 Å². The molecule has 0 saturated heterocycles. The zero-order valence-electron chi connectivity index (χ0n) is 19.1. The highest BCUT2D eigenvalue weighted by atomic mass is 16.5. The van der Waals surface area contributed by atoms with Crippen molar-refractivity contribution < 1.29 is 9.47 Å². The molecular formula is C25H36N2O2. The first-order valence-corrected chi connectivity index (χ1v) is 10.6. The number of hydrogen-bond acceptors (Lipinski definition) is 3. The second-order valence-corrected chi connectivity index (χ2v) is 7.77. The first-order chi connectivity index (χ1) is 13.8. The van der Waals surface area contributed by atoms with Crippen molar-refractivity contribution in [3.63, 3.8) is 0 Å². The molecule has 29 heavy (non-hydrogen) atoms. The van der Waals surface area contributed by atoms with E-state index in [4.69, 9.17) is 9.47 Å². The molecule has 4 nitrogen and oxygen atoms in total. The Labute approximate surface area is 176 Å². The SMILES string of the molecule is CCCC(C)(OCC)c1cccc(Oc2cc(C)c(N=CN(C)CC)cc2C)c1. The molecule has 2 aromatic carbocycles. The fourth-order valence-electron chi connectivity index (χ4n) is 3.38. The van der Waals surface area contributed by atoms with Gasteiger partial charge in [-0.15, -0.1) is 0 Å². The van der Waals surface area contributed by atoms with Gasteiger partial charge in [0.1, 0.15) is 11.5 Å². The van der Waals surface area contributed by atoms with Crippen LogP contribution in [0, 0.1) is 13.8 Å². The van der Waals surface area contributed by atoms with Gasteiger partial charge < -0.3 is 14.4 Å². The van der Waals surface area contributed by atoms with Gasteiger partial charge in [0.25, 0.3) is 0 Å². The average molecular weight is 397 g/mol. The van der Waals surface area contributed by atoms with Crippen molar-refractivity contribution in [1.29, 1.82) is 0 Å². The summed E-state index contributed by atoms with van der Waals surface area (Å²) in [6.45, 7) is 14.2. The molecule has 0 N–H and O–H groups in total. The summed E-state index contributed by atoms with van der Waals surface area (Å²) in [6, 6.07) is 12.4. The molecule has 2 aromatic rings. The van der Waals surface area contributed by atoms with Crippen LogP contribution < -0.4 is 4.74 Å². The Hall–Kier alpha value is -2.33. The topological polar surface area (TPSA) is 34.1 Å². The van der Waals surface area contributed by atoms with Gasteiger partial charge in [-0.2, -0.15) is 0 Å². The molecule has 0 aliphatic rings. The van der Waals surface area contributed by atoms with Gasteiger partial charge in [0.05, 0.1) is 17.6 Å². The largest absolute Gasteiger partial charge is 0.457 e. The van der Waals surface area contributed by atoms with Gasteiger partial charge in [-0.3, -0.25) is 0 Å². The lowest BCUT2D eigenvalue weighted by Crippen LogP contribution is -2.25. The molecule has 0 radical (unpaired) electrons. The molecule has 0 fully saturated rings. The standard InChI is InChI=1S/C25H36N2O2/c1-8-14-25(6,28-10-3)21-12-11-13-22(17-21)29-24-16-19(4)23(15-20(24)5)26-18-27(7)9-2/h11-13,15-18H,8-10,14H2,1-7H3. The highest BCUT2D eigenvalue weighted by Gasteiger charge is 2.26. The lowest BCUT2D eigenvalue weighted by molar-refractivity contribution is -0.0364. The Morgan fingerprint density at radius 2 is 1.83 bits per heavy atom. The van der Waals surface area contributed by atoms with Gasteiger partial charge in [0, 0.05) is 20.2 Å². The summed E-state index contributed by atoms with van der Waals surface area (Å²) < 4.78 is 12.4. The van der Waals surface area contributed by atoms with E-state index in [1.54, 1.807) is 0 Å². The van der Waals surface area contributed by atoms with Crippen LogP contribution in [0.25, 0.3) is 0 Å². The Morgan fingerprint density at radius 3 is 2.48 bits per heavy atom. The van der Waals surface area contributed by atoms with Crippen molar-refractivity contribution >= 4 is 12.0 Å². The highest BCUT2D eigenvalue weighted by molar-refractivity contribution is 5.64. The van der Waals surface area contributed by atoms with Gasteiger partial charge in [0.15, 0.2) is 0 Å². The summed E-state index contributed by atoms with van der Waals surface area (Å²) in [5, 5.41) is 0. The van der Waals surface area contributed by atoms with Crippen LogP contribution in [0.3, 0.4) is 0 Å². The smallest absolute Gasteiger partial charge is 0.130 e. The van der Waals surface area contributed by atoms with E-state index in [0.717, 1.165) is 53.3 Å². The second-order valence-electron chi connectivity index (χ2n) is 7.77. The van der Waals surface area contributed by atoms with Gasteiger partial charge in [-0.05, 0) is 82.0 Å². The Kier molecular flexibility index (Phi) is 8.27. The third-order valence-electron chi connectivity index (χ3n) is 5.25. The minimum Gasteiger partial charge on any atom is -0.457 e. The molecule has 0 aliphatic carbocycles. The molecule has 0 heterocycles. The minimum atomic E-state index is -0.294. The van der Waals surface area contributed by atoms with Crippen LogP contribution in [0.4, 0.5) is 5.69 Å². The molecule has 1 atom stereocenters. The lowest BCUT2D eigenvalue weighted by atomic mass is 9.91. The number of hydrogen-bond donors (Lipinski definition) is 0. The molecule has 1 unspecified atom stereocenters. The summed E-state index contributed by atoms with van der Waals surface area (Å²) in [7, 11) is 2.02. The van der Waals surface area contributed by atoms with Gasteiger partial charge in [-0.1, -0.05) is 25.5 Å². The monoisotopic (exact) mass is 396 g/mol. The first-order valence-electron chi connectivity index (χ1n) is 10.6. The van der Waals surface area contributed by atoms with E-state index >= 15 is 0 Å². The van der Waals surface area contributed by atoms with Crippen molar-refractivity contribution in [2.75, 3.05) is 20.2 Å². The quantitative estimate of drug-likeness (QED) is 0.329. The first kappa shape index (κ1) is 23.0. The summed E-state index contributed by atoms with van der Waals surface area (Å²) in [5.74, 6) is 1.69. The van der Waals surface area contributed by atoms with Crippen LogP contribution in [-0.4, -0.2) is 31.4 Å². The summed E-state index contributed by atoms with van der Waals surface area (Å²) >= 11 is 0. The molecule has 158 valence electrons. The number of aliphatic imine (C=N–C) groups is 1. The maximum absolute atomic E-state index is 6.27. The van der Waals surface area contributed by atoms with E-state index in [1.165, 1.54) is 0 Å². The van der Waals surface area contributed by atoms with Crippen LogP contribution in [0.1, 0.15) is 57.2 Å². The Morgan fingerprint density at radius 1 is 1.07 bits per heavy atom. The predicted molar refractivity (Wildman–Crippen MR) is 123 cm³/mol. The zero-order chi connectivity index (χ0) is 21.4. The molecule has 0 aromatic heterocycles. The molecule has 0 spiro atoms. The van der Waals surface area contributed by atoms with Crippen molar-refractivity contribution in [2.24, 2.45) is 4.99 Å². The fraction of sp³-hybridized carbons (Fsp3) is 0.480. The van der Waals surface area contributed by atoms with Crippen LogP contribution >= 0.6 is 0 Å². The highest BCUT2D eigenvalue weighted by Crippen LogP contribution is 2.35. The van der Waals surface area contributed by atoms with Crippen molar-refractivity contribution in [2.45, 2.75) is 60.0 Å². The van der Waals surface area contributed by atoms with E-state index in [-0.39, 0.29) is 5.60 Å². The molecule has 0 aliphatic heterocycles. The molecular weight excluding hydrogens is 360 g/mol. The summed E-state index contributed by atoms with van der Waals surface area (Å²) in [4.78, 5) is 6.65. The Bertz CT molecular complexity index is 824. The summed E-state index contributed by atoms with van der Waals surface area (Å²) in [5.41, 5.74) is 3.98. The molecule has 0 amide bonds. The zero-order valence-corrected chi connectivity index (χ0v) is 19.1. The fourth-order valence-corrected chi connectivity index (χ4v) is 3.38. The normalized spacial score (nSPS) is 13.5. The summed E-state index contributed by atoms with van der Waals surface area (Å²) in [6.07, 6.45) is 3.91. The van der Waals surface area contributed by atoms with Crippen LogP contribution in [0.5, 0.6) is 11.5 Å². The second kappa shape index (κ2) is 10.4. The van der Waals surface area contributed by atoms with E-state index in [2.05, 4.69) is 68.8 Å². The van der Waals surface area contributed by atoms with Crippen molar-refractivity contribution in [3.05, 3.63) is 53.1 Å². The third kappa shape index (κ3) is 6.07.